The molecule has 0 saturated carbocycles. The number of carbonyl (C=O) groups is 1. The van der Waals surface area contributed by atoms with Crippen LogP contribution in [0.5, 0.6) is 0 Å². The van der Waals surface area contributed by atoms with Crippen LogP contribution in [-0.2, 0) is 11.3 Å². The molecule has 1 fully saturated rings. The lowest BCUT2D eigenvalue weighted by Crippen LogP contribution is -2.53. The molecule has 1 saturated heterocycles. The number of aliphatic hydroxyl groups is 1. The number of carbonyl (C=O) groups excluding carboxylic acids is 1. The molecule has 122 valence electrons. The third-order valence-electron chi connectivity index (χ3n) is 3.53. The summed E-state index contributed by atoms with van der Waals surface area (Å²) >= 11 is 5.72. The van der Waals surface area contributed by atoms with Gasteiger partial charge in [0.1, 0.15) is 5.82 Å². The van der Waals surface area contributed by atoms with Gasteiger partial charge in [0.2, 0.25) is 0 Å². The van der Waals surface area contributed by atoms with E-state index in [4.69, 9.17) is 16.3 Å². The number of nitrogens with one attached hydrogen (secondary N) is 1. The highest BCUT2D eigenvalue weighted by Crippen LogP contribution is 2.16. The summed E-state index contributed by atoms with van der Waals surface area (Å²) in [4.78, 5) is 14.0. The Balaban J connectivity index is 1.93. The number of amides is 2. The molecule has 1 heterocycles. The number of hydrogen-bond acceptors (Lipinski definition) is 3. The Hall–Kier alpha value is -1.37. The standard InChI is InChI=1S/C15H20ClFN2O3/c1-10(20)6-12-9-22-5-4-19(12)15(21)18-8-11-2-3-14(17)13(16)7-11/h2-3,7,10,12,20H,4-6,8-9H2,1H3,(H,18,21)/t10-,12+/m1/s1. The van der Waals surface area contributed by atoms with Crippen LogP contribution in [0.15, 0.2) is 18.2 Å². The molecule has 2 rings (SSSR count). The van der Waals surface area contributed by atoms with Crippen molar-refractivity contribution in [2.75, 3.05) is 19.8 Å². The third kappa shape index (κ3) is 4.56. The van der Waals surface area contributed by atoms with E-state index in [0.717, 1.165) is 5.56 Å². The van der Waals surface area contributed by atoms with Crippen molar-refractivity contribution < 1.29 is 19.0 Å². The summed E-state index contributed by atoms with van der Waals surface area (Å²) in [7, 11) is 0. The van der Waals surface area contributed by atoms with E-state index in [2.05, 4.69) is 5.32 Å². The fraction of sp³-hybridized carbons (Fsp3) is 0.533. The van der Waals surface area contributed by atoms with Crippen LogP contribution in [0, 0.1) is 5.82 Å². The van der Waals surface area contributed by atoms with Crippen molar-refractivity contribution in [1.82, 2.24) is 10.2 Å². The van der Waals surface area contributed by atoms with Crippen LogP contribution in [-0.4, -0.2) is 47.9 Å². The summed E-state index contributed by atoms with van der Waals surface area (Å²) in [5.41, 5.74) is 0.722. The smallest absolute Gasteiger partial charge is 0.318 e. The molecule has 1 aliphatic rings. The minimum Gasteiger partial charge on any atom is -0.393 e. The Morgan fingerprint density at radius 1 is 1.64 bits per heavy atom. The molecule has 0 aliphatic carbocycles. The average molecular weight is 331 g/mol. The fourth-order valence-corrected chi connectivity index (χ4v) is 2.64. The molecule has 2 N–H and O–H groups in total. The predicted octanol–water partition coefficient (Wildman–Crippen LogP) is 2.16. The summed E-state index contributed by atoms with van der Waals surface area (Å²) in [5, 5.41) is 12.3. The quantitative estimate of drug-likeness (QED) is 0.889. The zero-order valence-corrected chi connectivity index (χ0v) is 13.1. The number of morpholine rings is 1. The Kier molecular flexibility index (Phi) is 5.99. The molecule has 22 heavy (non-hydrogen) atoms. The molecule has 0 bridgehead atoms. The Labute approximate surface area is 134 Å². The number of nitrogens with zero attached hydrogens (tertiary/aromatic N) is 1. The van der Waals surface area contributed by atoms with Crippen LogP contribution in [0.3, 0.4) is 0 Å². The average Bonchev–Trinajstić information content (AvgIpc) is 2.48. The molecule has 2 amide bonds. The summed E-state index contributed by atoms with van der Waals surface area (Å²) in [6, 6.07) is 3.96. The number of halogens is 2. The van der Waals surface area contributed by atoms with Gasteiger partial charge in [-0.1, -0.05) is 17.7 Å². The molecule has 5 nitrogen and oxygen atoms in total. The number of urea groups is 1. The Morgan fingerprint density at radius 2 is 2.41 bits per heavy atom. The summed E-state index contributed by atoms with van der Waals surface area (Å²) < 4.78 is 18.5. The highest BCUT2D eigenvalue weighted by molar-refractivity contribution is 6.30. The Bertz CT molecular complexity index is 528. The minimum atomic E-state index is -0.502. The van der Waals surface area contributed by atoms with Gasteiger partial charge in [-0.2, -0.15) is 0 Å². The fourth-order valence-electron chi connectivity index (χ4n) is 2.44. The predicted molar refractivity (Wildman–Crippen MR) is 81.3 cm³/mol. The molecule has 1 aliphatic heterocycles. The van der Waals surface area contributed by atoms with Crippen molar-refractivity contribution in [2.24, 2.45) is 0 Å². The summed E-state index contributed by atoms with van der Waals surface area (Å²) in [6.45, 7) is 3.32. The number of ether oxygens (including phenoxy) is 1. The molecule has 2 atom stereocenters. The monoisotopic (exact) mass is 330 g/mol. The second-order valence-electron chi connectivity index (χ2n) is 5.41. The zero-order chi connectivity index (χ0) is 16.1. The van der Waals surface area contributed by atoms with Gasteiger partial charge in [-0.25, -0.2) is 9.18 Å². The van der Waals surface area contributed by atoms with E-state index in [1.807, 2.05) is 0 Å². The van der Waals surface area contributed by atoms with E-state index in [-0.39, 0.29) is 23.6 Å². The van der Waals surface area contributed by atoms with E-state index in [0.29, 0.717) is 26.2 Å². The van der Waals surface area contributed by atoms with Crippen molar-refractivity contribution in [1.29, 1.82) is 0 Å². The van der Waals surface area contributed by atoms with Crippen LogP contribution in [0.25, 0.3) is 0 Å². The first kappa shape index (κ1) is 17.0. The molecule has 0 unspecified atom stereocenters. The van der Waals surface area contributed by atoms with Gasteiger partial charge in [0, 0.05) is 13.1 Å². The normalized spacial score (nSPS) is 19.8. The molecule has 0 radical (unpaired) electrons. The van der Waals surface area contributed by atoms with Gasteiger partial charge in [-0.3, -0.25) is 0 Å². The second-order valence-corrected chi connectivity index (χ2v) is 5.82. The lowest BCUT2D eigenvalue weighted by Gasteiger charge is -2.36. The van der Waals surface area contributed by atoms with Gasteiger partial charge in [-0.15, -0.1) is 0 Å². The summed E-state index contributed by atoms with van der Waals surface area (Å²) in [5.74, 6) is -0.484. The topological polar surface area (TPSA) is 61.8 Å². The maximum Gasteiger partial charge on any atom is 0.318 e. The van der Waals surface area contributed by atoms with Gasteiger partial charge in [0.25, 0.3) is 0 Å². The van der Waals surface area contributed by atoms with Gasteiger partial charge in [-0.05, 0) is 31.0 Å². The molecule has 0 aromatic heterocycles. The van der Waals surface area contributed by atoms with Crippen LogP contribution in [0.2, 0.25) is 5.02 Å². The first-order chi connectivity index (χ1) is 10.5. The first-order valence-corrected chi connectivity index (χ1v) is 7.59. The minimum absolute atomic E-state index is 0.0325. The second kappa shape index (κ2) is 7.76. The molecule has 1 aromatic carbocycles. The maximum atomic E-state index is 13.1. The highest BCUT2D eigenvalue weighted by atomic mass is 35.5. The van der Waals surface area contributed by atoms with Crippen LogP contribution >= 0.6 is 11.6 Å². The van der Waals surface area contributed by atoms with Crippen molar-refractivity contribution in [2.45, 2.75) is 32.0 Å². The van der Waals surface area contributed by atoms with Crippen LogP contribution in [0.4, 0.5) is 9.18 Å². The SMILES string of the molecule is C[C@@H](O)C[C@H]1COCCN1C(=O)NCc1ccc(F)c(Cl)c1. The van der Waals surface area contributed by atoms with Gasteiger partial charge < -0.3 is 20.1 Å². The van der Waals surface area contributed by atoms with Gasteiger partial charge >= 0.3 is 6.03 Å². The van der Waals surface area contributed by atoms with E-state index in [1.165, 1.54) is 12.1 Å². The first-order valence-electron chi connectivity index (χ1n) is 7.21. The van der Waals surface area contributed by atoms with E-state index < -0.39 is 11.9 Å². The van der Waals surface area contributed by atoms with E-state index in [9.17, 15) is 14.3 Å². The van der Waals surface area contributed by atoms with E-state index >= 15 is 0 Å². The third-order valence-corrected chi connectivity index (χ3v) is 3.82. The van der Waals surface area contributed by atoms with Crippen LogP contribution in [0.1, 0.15) is 18.9 Å². The molecular formula is C15H20ClFN2O3. The lowest BCUT2D eigenvalue weighted by atomic mass is 10.1. The van der Waals surface area contributed by atoms with Gasteiger partial charge in [0.15, 0.2) is 0 Å². The number of aliphatic hydroxyl groups excluding tert-OH is 1. The number of hydrogen-bond donors (Lipinski definition) is 2. The van der Waals surface area contributed by atoms with Crippen molar-refractivity contribution in [3.8, 4) is 0 Å². The lowest BCUT2D eigenvalue weighted by molar-refractivity contribution is -0.00437. The molecular weight excluding hydrogens is 311 g/mol. The zero-order valence-electron chi connectivity index (χ0n) is 12.4. The molecule has 1 aromatic rings. The summed E-state index contributed by atoms with van der Waals surface area (Å²) in [6.07, 6.45) is -0.0339. The van der Waals surface area contributed by atoms with E-state index in [1.54, 1.807) is 17.9 Å². The Morgan fingerprint density at radius 3 is 3.09 bits per heavy atom. The van der Waals surface area contributed by atoms with Crippen molar-refractivity contribution >= 4 is 17.6 Å². The van der Waals surface area contributed by atoms with Crippen molar-refractivity contribution in [3.05, 3.63) is 34.6 Å². The van der Waals surface area contributed by atoms with Crippen LogP contribution < -0.4 is 5.32 Å². The number of benzene rings is 1. The van der Waals surface area contributed by atoms with Crippen molar-refractivity contribution in [3.63, 3.8) is 0 Å². The maximum absolute atomic E-state index is 13.1. The number of rotatable bonds is 4. The van der Waals surface area contributed by atoms with Gasteiger partial charge in [0.05, 0.1) is 30.4 Å². The molecule has 7 heteroatoms. The highest BCUT2D eigenvalue weighted by Gasteiger charge is 2.28. The largest absolute Gasteiger partial charge is 0.393 e. The molecule has 0 spiro atoms.